The fourth-order valence-corrected chi connectivity index (χ4v) is 4.21. The molecule has 0 radical (unpaired) electrons. The topological polar surface area (TPSA) is 144 Å². The van der Waals surface area contributed by atoms with Crippen LogP contribution >= 0.6 is 0 Å². The summed E-state index contributed by atoms with van der Waals surface area (Å²) >= 11 is 0. The van der Waals surface area contributed by atoms with Gasteiger partial charge in [-0.25, -0.2) is 4.98 Å². The molecule has 1 aliphatic carbocycles. The quantitative estimate of drug-likeness (QED) is 0.404. The van der Waals surface area contributed by atoms with E-state index < -0.39 is 0 Å². The normalized spacial score (nSPS) is 19.3. The molecule has 6 rings (SSSR count). The molecule has 3 aromatic heterocycles. The summed E-state index contributed by atoms with van der Waals surface area (Å²) in [4.78, 5) is 41.9. The van der Waals surface area contributed by atoms with Crippen molar-refractivity contribution in [2.24, 2.45) is 0 Å². The molecule has 0 atom stereocenters. The summed E-state index contributed by atoms with van der Waals surface area (Å²) in [6, 6.07) is 6.10. The first kappa shape index (κ1) is 21.0. The summed E-state index contributed by atoms with van der Waals surface area (Å²) in [6.45, 7) is 2.86. The molecule has 3 aromatic rings. The molecule has 5 heterocycles. The van der Waals surface area contributed by atoms with Crippen LogP contribution in [0.5, 0.6) is 0 Å². The summed E-state index contributed by atoms with van der Waals surface area (Å²) < 4.78 is 1.65. The lowest BCUT2D eigenvalue weighted by Gasteiger charge is -2.35. The molecule has 0 unspecified atom stereocenters. The van der Waals surface area contributed by atoms with E-state index in [0.29, 0.717) is 53.4 Å². The molecule has 0 spiro atoms. The predicted molar refractivity (Wildman–Crippen MR) is 127 cm³/mol. The van der Waals surface area contributed by atoms with Gasteiger partial charge in [0.2, 0.25) is 17.8 Å². The molecule has 2 aliphatic heterocycles. The average molecular weight is 470 g/mol. The van der Waals surface area contributed by atoms with Crippen LogP contribution in [0, 0.1) is 11.3 Å². The minimum atomic E-state index is -0.382. The number of amides is 2. The summed E-state index contributed by atoms with van der Waals surface area (Å²) in [6.07, 6.45) is 7.11. The van der Waals surface area contributed by atoms with Gasteiger partial charge >= 0.3 is 0 Å². The first-order valence-corrected chi connectivity index (χ1v) is 11.5. The highest BCUT2D eigenvalue weighted by Crippen LogP contribution is 2.27. The van der Waals surface area contributed by atoms with Crippen LogP contribution < -0.4 is 20.4 Å². The fourth-order valence-electron chi connectivity index (χ4n) is 4.21. The minimum absolute atomic E-state index is 0.0483. The second-order valence-corrected chi connectivity index (χ2v) is 8.82. The summed E-state index contributed by atoms with van der Waals surface area (Å²) in [5, 5.41) is 19.2. The van der Waals surface area contributed by atoms with Gasteiger partial charge in [-0.15, -0.1) is 0 Å². The highest BCUT2D eigenvalue weighted by Gasteiger charge is 2.28. The Bertz CT molecular complexity index is 1390. The van der Waals surface area contributed by atoms with E-state index >= 15 is 0 Å². The van der Waals surface area contributed by atoms with Crippen LogP contribution in [0.3, 0.4) is 0 Å². The van der Waals surface area contributed by atoms with Crippen molar-refractivity contribution in [2.75, 3.05) is 41.3 Å². The maximum atomic E-state index is 12.1. The van der Waals surface area contributed by atoms with Crippen molar-refractivity contribution in [3.8, 4) is 6.07 Å². The monoisotopic (exact) mass is 470 g/mol. The number of carbonyl (C=O) groups excluding carboxylic acids is 2. The van der Waals surface area contributed by atoms with Crippen molar-refractivity contribution in [1.82, 2.24) is 29.9 Å². The number of nitrogens with one attached hydrogen (secondary N) is 2. The van der Waals surface area contributed by atoms with Crippen molar-refractivity contribution in [3.05, 3.63) is 41.2 Å². The van der Waals surface area contributed by atoms with E-state index in [9.17, 15) is 9.59 Å². The summed E-state index contributed by atoms with van der Waals surface area (Å²) in [5.74, 6) is 1.34. The molecule has 2 saturated heterocycles. The third-order valence-electron chi connectivity index (χ3n) is 6.28. The smallest absolute Gasteiger partial charge is 0.254 e. The van der Waals surface area contributed by atoms with E-state index in [1.54, 1.807) is 29.1 Å². The van der Waals surface area contributed by atoms with Gasteiger partial charge in [-0.1, -0.05) is 0 Å². The number of carbonyl (C=O) groups is 2. The van der Waals surface area contributed by atoms with Gasteiger partial charge in [0.05, 0.1) is 18.2 Å². The zero-order chi connectivity index (χ0) is 23.9. The molecule has 176 valence electrons. The lowest BCUT2D eigenvalue weighted by molar-refractivity contribution is -0.124. The van der Waals surface area contributed by atoms with Crippen molar-refractivity contribution >= 4 is 41.3 Å². The van der Waals surface area contributed by atoms with Crippen LogP contribution in [0.25, 0.3) is 11.7 Å². The number of pyridine rings is 1. The molecule has 0 aromatic carbocycles. The number of hydrogen-bond acceptors (Lipinski definition) is 10. The number of nitriles is 1. The Morgan fingerprint density at radius 2 is 1.89 bits per heavy atom. The number of hydrogen-bond donors (Lipinski definition) is 2. The van der Waals surface area contributed by atoms with Crippen LogP contribution in [0.2, 0.25) is 0 Å². The van der Waals surface area contributed by atoms with Crippen molar-refractivity contribution in [3.63, 3.8) is 0 Å². The number of fused-ring (bicyclic) bond motifs is 1. The van der Waals surface area contributed by atoms with Crippen LogP contribution in [-0.2, 0) is 9.59 Å². The number of rotatable bonds is 5. The zero-order valence-corrected chi connectivity index (χ0v) is 18.8. The van der Waals surface area contributed by atoms with Crippen molar-refractivity contribution in [1.29, 1.82) is 5.26 Å². The van der Waals surface area contributed by atoms with Gasteiger partial charge in [0.25, 0.3) is 5.91 Å². The van der Waals surface area contributed by atoms with Crippen LogP contribution in [0.1, 0.15) is 30.4 Å². The maximum Gasteiger partial charge on any atom is 0.254 e. The first-order valence-electron chi connectivity index (χ1n) is 11.5. The average Bonchev–Trinajstić information content (AvgIpc) is 3.52. The number of aromatic nitrogens is 5. The molecule has 3 aliphatic rings. The van der Waals surface area contributed by atoms with E-state index in [1.165, 1.54) is 0 Å². The lowest BCUT2D eigenvalue weighted by atomic mass is 10.1. The Labute approximate surface area is 200 Å². The standard InChI is InChI=1S/C23H22N10O2/c24-11-14-1-4-18(25-12-14)31-5-7-32(8-6-31)22-29-20-16(9-15-10-19(34)28-21(15)35)13-26-33(20)23(30-22)27-17-2-3-17/h1,4,9,12-13,17H,2-3,5-8,10H2,(H,27,29,30)(H,28,34,35)/b15-9+. The molecule has 12 nitrogen and oxygen atoms in total. The number of nitrogens with zero attached hydrogens (tertiary/aromatic N) is 8. The fraction of sp³-hybridized carbons (Fsp3) is 0.348. The maximum absolute atomic E-state index is 12.1. The second-order valence-electron chi connectivity index (χ2n) is 8.82. The highest BCUT2D eigenvalue weighted by atomic mass is 16.2. The SMILES string of the molecule is N#Cc1ccc(N2CCN(c3nc(NC4CC4)n4ncc(/C=C5\CC(=O)NC5=O)c4n3)CC2)nc1. The van der Waals surface area contributed by atoms with Gasteiger partial charge in [-0.2, -0.15) is 24.8 Å². The largest absolute Gasteiger partial charge is 0.353 e. The predicted octanol–water partition coefficient (Wildman–Crippen LogP) is 0.722. The van der Waals surface area contributed by atoms with E-state index in [1.807, 2.05) is 6.07 Å². The van der Waals surface area contributed by atoms with Gasteiger partial charge in [0.1, 0.15) is 11.9 Å². The van der Waals surface area contributed by atoms with Gasteiger partial charge in [0.15, 0.2) is 5.65 Å². The molecule has 1 saturated carbocycles. The summed E-state index contributed by atoms with van der Waals surface area (Å²) in [7, 11) is 0. The van der Waals surface area contributed by atoms with E-state index in [0.717, 1.165) is 31.7 Å². The van der Waals surface area contributed by atoms with Gasteiger partial charge < -0.3 is 15.1 Å². The molecule has 35 heavy (non-hydrogen) atoms. The Hall–Kier alpha value is -4.53. The molecule has 3 fully saturated rings. The van der Waals surface area contributed by atoms with Crippen LogP contribution in [-0.4, -0.2) is 68.6 Å². The number of imide groups is 1. The van der Waals surface area contributed by atoms with Crippen LogP contribution in [0.15, 0.2) is 30.1 Å². The Morgan fingerprint density at radius 3 is 2.54 bits per heavy atom. The number of anilines is 3. The van der Waals surface area contributed by atoms with E-state index in [4.69, 9.17) is 15.2 Å². The minimum Gasteiger partial charge on any atom is -0.353 e. The Balaban J connectivity index is 1.28. The lowest BCUT2D eigenvalue weighted by Crippen LogP contribution is -2.47. The molecule has 0 bridgehead atoms. The second kappa shape index (κ2) is 8.35. The van der Waals surface area contributed by atoms with Gasteiger partial charge in [-0.05, 0) is 31.1 Å². The van der Waals surface area contributed by atoms with E-state index in [2.05, 4.69) is 36.6 Å². The third-order valence-corrected chi connectivity index (χ3v) is 6.28. The molecule has 2 amide bonds. The van der Waals surface area contributed by atoms with Gasteiger partial charge in [-0.3, -0.25) is 14.9 Å². The third kappa shape index (κ3) is 4.12. The number of piperazine rings is 1. The Kier molecular flexibility index (Phi) is 5.02. The first-order chi connectivity index (χ1) is 17.1. The molecular weight excluding hydrogens is 448 g/mol. The molecule has 12 heteroatoms. The van der Waals surface area contributed by atoms with E-state index in [-0.39, 0.29) is 18.2 Å². The van der Waals surface area contributed by atoms with Crippen LogP contribution in [0.4, 0.5) is 17.7 Å². The van der Waals surface area contributed by atoms with Crippen molar-refractivity contribution in [2.45, 2.75) is 25.3 Å². The highest BCUT2D eigenvalue weighted by molar-refractivity contribution is 6.15. The van der Waals surface area contributed by atoms with Gasteiger partial charge in [0, 0.05) is 49.6 Å². The molecule has 2 N–H and O–H groups in total. The Morgan fingerprint density at radius 1 is 1.09 bits per heavy atom. The van der Waals surface area contributed by atoms with Crippen molar-refractivity contribution < 1.29 is 9.59 Å². The zero-order valence-electron chi connectivity index (χ0n) is 18.8. The molecular formula is C23H22N10O2. The summed E-state index contributed by atoms with van der Waals surface area (Å²) in [5.41, 5.74) is 2.17.